The van der Waals surface area contributed by atoms with Crippen molar-refractivity contribution in [3.8, 4) is 0 Å². The summed E-state index contributed by atoms with van der Waals surface area (Å²) in [5.74, 6) is -0.858. The van der Waals surface area contributed by atoms with E-state index in [9.17, 15) is 28.1 Å². The van der Waals surface area contributed by atoms with E-state index in [1.165, 1.54) is 30.6 Å². The number of thioether (sulfide) groups is 1. The van der Waals surface area contributed by atoms with Crippen LogP contribution >= 0.6 is 23.1 Å². The lowest BCUT2D eigenvalue weighted by Gasteiger charge is -2.21. The molecule has 1 amide bonds. The van der Waals surface area contributed by atoms with E-state index >= 15 is 0 Å². The van der Waals surface area contributed by atoms with E-state index in [2.05, 4.69) is 20.8 Å². The maximum Gasteiger partial charge on any atom is 0.418 e. The van der Waals surface area contributed by atoms with E-state index in [0.29, 0.717) is 21.6 Å². The Bertz CT molecular complexity index is 916. The van der Waals surface area contributed by atoms with Crippen LogP contribution in [0.25, 0.3) is 0 Å². The fourth-order valence-electron chi connectivity index (χ4n) is 3.05. The Balaban J connectivity index is 1.58. The Morgan fingerprint density at radius 1 is 1.27 bits per heavy atom. The zero-order chi connectivity index (χ0) is 21.7. The quantitative estimate of drug-likeness (QED) is 0.341. The summed E-state index contributed by atoms with van der Waals surface area (Å²) in [5, 5.41) is 24.9. The molecule has 1 fully saturated rings. The molecule has 13 heteroatoms. The fourth-order valence-corrected chi connectivity index (χ4v) is 4.68. The molecular weight excluding hydrogens is 443 g/mol. The van der Waals surface area contributed by atoms with Gasteiger partial charge < -0.3 is 10.6 Å². The highest BCUT2D eigenvalue weighted by molar-refractivity contribution is 8.01. The van der Waals surface area contributed by atoms with Crippen molar-refractivity contribution in [3.63, 3.8) is 0 Å². The molecule has 1 aliphatic carbocycles. The maximum atomic E-state index is 13.2. The first-order chi connectivity index (χ1) is 14.2. The molecule has 8 nitrogen and oxygen atoms in total. The molecule has 1 aliphatic rings. The smallest absolute Gasteiger partial charge is 0.357 e. The molecule has 162 valence electrons. The van der Waals surface area contributed by atoms with E-state index in [4.69, 9.17) is 0 Å². The minimum atomic E-state index is -4.85. The molecule has 2 aromatic rings. The number of non-ortho nitro benzene ring substituents is 1. The van der Waals surface area contributed by atoms with Crippen molar-refractivity contribution in [1.29, 1.82) is 0 Å². The minimum Gasteiger partial charge on any atom is -0.357 e. The Hall–Kier alpha value is -2.41. The van der Waals surface area contributed by atoms with Crippen molar-refractivity contribution in [3.05, 3.63) is 33.9 Å². The van der Waals surface area contributed by atoms with Crippen LogP contribution in [0.2, 0.25) is 0 Å². The van der Waals surface area contributed by atoms with Crippen LogP contribution in [-0.2, 0) is 11.0 Å². The van der Waals surface area contributed by atoms with Crippen molar-refractivity contribution in [2.45, 2.75) is 48.7 Å². The topological polar surface area (TPSA) is 110 Å². The monoisotopic (exact) mass is 461 g/mol. The van der Waals surface area contributed by atoms with Gasteiger partial charge in [-0.25, -0.2) is 0 Å². The van der Waals surface area contributed by atoms with Crippen LogP contribution < -0.4 is 10.6 Å². The van der Waals surface area contributed by atoms with Gasteiger partial charge in [0.25, 0.3) is 5.69 Å². The number of alkyl halides is 3. The highest BCUT2D eigenvalue weighted by Gasteiger charge is 2.35. The maximum absolute atomic E-state index is 13.2. The van der Waals surface area contributed by atoms with Gasteiger partial charge in [-0.1, -0.05) is 42.4 Å². The summed E-state index contributed by atoms with van der Waals surface area (Å²) in [6, 6.07) is 2.54. The normalized spacial score (nSPS) is 15.0. The molecule has 0 saturated heterocycles. The van der Waals surface area contributed by atoms with E-state index in [0.717, 1.165) is 36.7 Å². The second-order valence-electron chi connectivity index (χ2n) is 6.67. The molecular formula is C17H18F3N5O3S2. The van der Waals surface area contributed by atoms with Gasteiger partial charge in [0.05, 0.1) is 21.9 Å². The van der Waals surface area contributed by atoms with Crippen molar-refractivity contribution < 1.29 is 22.9 Å². The zero-order valence-corrected chi connectivity index (χ0v) is 17.2. The number of hydrogen-bond acceptors (Lipinski definition) is 8. The summed E-state index contributed by atoms with van der Waals surface area (Å²) in [4.78, 5) is 21.9. The summed E-state index contributed by atoms with van der Waals surface area (Å²) in [5.41, 5.74) is -2.51. The van der Waals surface area contributed by atoms with Gasteiger partial charge in [0.2, 0.25) is 11.0 Å². The average Bonchev–Trinajstić information content (AvgIpc) is 3.14. The van der Waals surface area contributed by atoms with Gasteiger partial charge in [-0.15, -0.1) is 10.2 Å². The van der Waals surface area contributed by atoms with Gasteiger partial charge in [0.1, 0.15) is 0 Å². The summed E-state index contributed by atoms with van der Waals surface area (Å²) < 4.78 is 40.1. The number of nitrogens with zero attached hydrogens (tertiary/aromatic N) is 3. The molecule has 2 N–H and O–H groups in total. The van der Waals surface area contributed by atoms with Crippen LogP contribution in [-0.4, -0.2) is 32.8 Å². The summed E-state index contributed by atoms with van der Waals surface area (Å²) in [6.45, 7) is 0. The number of nitro groups is 1. The molecule has 1 heterocycles. The van der Waals surface area contributed by atoms with Crippen LogP contribution in [0.4, 0.5) is 29.7 Å². The molecule has 0 unspecified atom stereocenters. The molecule has 0 spiro atoms. The Kier molecular flexibility index (Phi) is 7.13. The van der Waals surface area contributed by atoms with Gasteiger partial charge in [-0.05, 0) is 18.9 Å². The number of anilines is 2. The first-order valence-corrected chi connectivity index (χ1v) is 10.9. The number of nitro benzene ring substituents is 1. The Morgan fingerprint density at radius 2 is 2.00 bits per heavy atom. The van der Waals surface area contributed by atoms with Gasteiger partial charge in [0.15, 0.2) is 4.34 Å². The van der Waals surface area contributed by atoms with E-state index in [1.54, 1.807) is 0 Å². The molecule has 30 heavy (non-hydrogen) atoms. The van der Waals surface area contributed by atoms with Crippen LogP contribution in [0.3, 0.4) is 0 Å². The van der Waals surface area contributed by atoms with Crippen LogP contribution in [0.15, 0.2) is 22.5 Å². The standard InChI is InChI=1S/C17H18F3N5O3S2/c18-17(19,20)12-8-11(25(27)28)6-7-13(12)22-14(26)9-29-16-24-23-15(30-16)21-10-4-2-1-3-5-10/h6-8,10H,1-5,9H2,(H,21,23)(H,22,26). The average molecular weight is 461 g/mol. The van der Waals surface area contributed by atoms with Crippen molar-refractivity contribution in [2.75, 3.05) is 16.4 Å². The van der Waals surface area contributed by atoms with Crippen molar-refractivity contribution in [2.24, 2.45) is 0 Å². The van der Waals surface area contributed by atoms with E-state index in [1.807, 2.05) is 0 Å². The third-order valence-electron chi connectivity index (χ3n) is 4.46. The summed E-state index contributed by atoms with van der Waals surface area (Å²) in [6.07, 6.45) is 0.861. The molecule has 1 saturated carbocycles. The second kappa shape index (κ2) is 9.60. The highest BCUT2D eigenvalue weighted by Crippen LogP contribution is 2.37. The van der Waals surface area contributed by atoms with Crippen LogP contribution in [0.5, 0.6) is 0 Å². The SMILES string of the molecule is O=C(CSc1nnc(NC2CCCCC2)s1)Nc1ccc([N+](=O)[O-])cc1C(F)(F)F. The fraction of sp³-hybridized carbons (Fsp3) is 0.471. The number of carbonyl (C=O) groups excluding carboxylic acids is 1. The first-order valence-electron chi connectivity index (χ1n) is 9.10. The first kappa shape index (κ1) is 22.3. The third kappa shape index (κ3) is 6.05. The number of aromatic nitrogens is 2. The Morgan fingerprint density at radius 3 is 2.67 bits per heavy atom. The van der Waals surface area contributed by atoms with E-state index < -0.39 is 33.9 Å². The molecule has 1 aromatic carbocycles. The predicted molar refractivity (Wildman–Crippen MR) is 108 cm³/mol. The largest absolute Gasteiger partial charge is 0.418 e. The number of carbonyl (C=O) groups is 1. The minimum absolute atomic E-state index is 0.174. The molecule has 0 radical (unpaired) electrons. The molecule has 0 bridgehead atoms. The van der Waals surface area contributed by atoms with E-state index in [-0.39, 0.29) is 5.75 Å². The highest BCUT2D eigenvalue weighted by atomic mass is 32.2. The predicted octanol–water partition coefficient (Wildman–Crippen LogP) is 4.94. The zero-order valence-electron chi connectivity index (χ0n) is 15.6. The number of hydrogen-bond donors (Lipinski definition) is 2. The number of nitrogens with one attached hydrogen (secondary N) is 2. The van der Waals surface area contributed by atoms with Crippen molar-refractivity contribution >= 4 is 45.5 Å². The van der Waals surface area contributed by atoms with Gasteiger partial charge >= 0.3 is 6.18 Å². The summed E-state index contributed by atoms with van der Waals surface area (Å²) in [7, 11) is 0. The van der Waals surface area contributed by atoms with Crippen LogP contribution in [0, 0.1) is 10.1 Å². The van der Waals surface area contributed by atoms with Crippen LogP contribution in [0.1, 0.15) is 37.7 Å². The summed E-state index contributed by atoms with van der Waals surface area (Å²) >= 11 is 2.34. The van der Waals surface area contributed by atoms with Gasteiger partial charge in [-0.3, -0.25) is 14.9 Å². The molecule has 0 aliphatic heterocycles. The number of amides is 1. The molecule has 3 rings (SSSR count). The third-order valence-corrected chi connectivity index (χ3v) is 6.45. The second-order valence-corrected chi connectivity index (χ2v) is 8.87. The lowest BCUT2D eigenvalue weighted by Crippen LogP contribution is -2.21. The number of rotatable bonds is 7. The Labute approximate surface area is 177 Å². The van der Waals surface area contributed by atoms with Gasteiger partial charge in [-0.2, -0.15) is 13.2 Å². The molecule has 0 atom stereocenters. The van der Waals surface area contributed by atoms with Gasteiger partial charge in [0, 0.05) is 18.2 Å². The number of halogens is 3. The number of benzene rings is 1. The molecule has 1 aromatic heterocycles. The lowest BCUT2D eigenvalue weighted by atomic mass is 9.96. The van der Waals surface area contributed by atoms with Crippen molar-refractivity contribution in [1.82, 2.24) is 10.2 Å². The lowest BCUT2D eigenvalue weighted by molar-refractivity contribution is -0.385.